The fourth-order valence-electron chi connectivity index (χ4n) is 1.89. The summed E-state index contributed by atoms with van der Waals surface area (Å²) in [6.45, 7) is 1.15. The Morgan fingerprint density at radius 1 is 1.15 bits per heavy atom. The number of ketones is 1. The summed E-state index contributed by atoms with van der Waals surface area (Å²) in [5.41, 5.74) is 1.87. The average molecular weight is 276 g/mol. The molecule has 110 valence electrons. The Labute approximate surface area is 122 Å². The second-order valence-corrected chi connectivity index (χ2v) is 6.17. The average Bonchev–Trinajstić information content (AvgIpc) is 2.41. The molecule has 0 amide bonds. The standard InChI is InChI=1S/C17H26NO2/c1-18(2,3)13-5-4-6-17(20)12-11-15-7-9-16(14-19)10-8-15/h7-12,19H,4-6,13-14H2,1-3H3/q+1/b12-11+. The largest absolute Gasteiger partial charge is 0.392 e. The molecular formula is C17H26NO2+. The van der Waals surface area contributed by atoms with Gasteiger partial charge in [0.2, 0.25) is 0 Å². The number of quaternary nitrogens is 1. The number of allylic oxidation sites excluding steroid dienone is 1. The highest BCUT2D eigenvalue weighted by atomic mass is 16.3. The van der Waals surface area contributed by atoms with E-state index in [2.05, 4.69) is 21.1 Å². The Bertz CT molecular complexity index is 441. The summed E-state index contributed by atoms with van der Waals surface area (Å²) in [5.74, 6) is 0.178. The van der Waals surface area contributed by atoms with Gasteiger partial charge in [-0.15, -0.1) is 0 Å². The molecular weight excluding hydrogens is 250 g/mol. The molecule has 0 saturated heterocycles. The van der Waals surface area contributed by atoms with Crippen molar-refractivity contribution in [1.82, 2.24) is 0 Å². The second-order valence-electron chi connectivity index (χ2n) is 6.17. The van der Waals surface area contributed by atoms with E-state index >= 15 is 0 Å². The molecule has 0 bridgehead atoms. The zero-order valence-electron chi connectivity index (χ0n) is 12.8. The first kappa shape index (κ1) is 16.6. The van der Waals surface area contributed by atoms with E-state index in [1.807, 2.05) is 30.3 Å². The first-order valence-electron chi connectivity index (χ1n) is 7.12. The van der Waals surface area contributed by atoms with Gasteiger partial charge in [-0.3, -0.25) is 4.79 Å². The van der Waals surface area contributed by atoms with Crippen LogP contribution in [0.3, 0.4) is 0 Å². The van der Waals surface area contributed by atoms with Crippen LogP contribution in [0.2, 0.25) is 0 Å². The maximum Gasteiger partial charge on any atom is 0.155 e. The van der Waals surface area contributed by atoms with Crippen LogP contribution in [0.25, 0.3) is 6.08 Å². The van der Waals surface area contributed by atoms with Crippen LogP contribution < -0.4 is 0 Å². The number of aliphatic hydroxyl groups excluding tert-OH is 1. The Morgan fingerprint density at radius 3 is 2.35 bits per heavy atom. The van der Waals surface area contributed by atoms with Crippen molar-refractivity contribution in [2.45, 2.75) is 25.9 Å². The van der Waals surface area contributed by atoms with Crippen molar-refractivity contribution in [3.8, 4) is 0 Å². The first-order valence-corrected chi connectivity index (χ1v) is 7.12. The number of benzene rings is 1. The smallest absolute Gasteiger partial charge is 0.155 e. The fourth-order valence-corrected chi connectivity index (χ4v) is 1.89. The highest BCUT2D eigenvalue weighted by Gasteiger charge is 2.06. The van der Waals surface area contributed by atoms with Crippen LogP contribution in [0.15, 0.2) is 30.3 Å². The lowest BCUT2D eigenvalue weighted by atomic mass is 10.1. The predicted octanol–water partition coefficient (Wildman–Crippen LogP) is 2.64. The highest BCUT2D eigenvalue weighted by molar-refractivity contribution is 5.93. The van der Waals surface area contributed by atoms with Gasteiger partial charge in [0.15, 0.2) is 5.78 Å². The molecule has 3 heteroatoms. The number of carbonyl (C=O) groups is 1. The molecule has 1 rings (SSSR count). The van der Waals surface area contributed by atoms with E-state index in [4.69, 9.17) is 5.11 Å². The summed E-state index contributed by atoms with van der Waals surface area (Å²) in [6.07, 6.45) is 6.13. The summed E-state index contributed by atoms with van der Waals surface area (Å²) < 4.78 is 0.946. The maximum atomic E-state index is 11.7. The molecule has 0 spiro atoms. The fraction of sp³-hybridized carbons (Fsp3) is 0.471. The van der Waals surface area contributed by atoms with Crippen molar-refractivity contribution >= 4 is 11.9 Å². The zero-order chi connectivity index (χ0) is 15.0. The van der Waals surface area contributed by atoms with Gasteiger partial charge in [-0.2, -0.15) is 0 Å². The van der Waals surface area contributed by atoms with Crippen molar-refractivity contribution < 1.29 is 14.4 Å². The number of carbonyl (C=O) groups excluding carboxylic acids is 1. The van der Waals surface area contributed by atoms with Gasteiger partial charge in [-0.25, -0.2) is 0 Å². The van der Waals surface area contributed by atoms with Gasteiger partial charge in [0.25, 0.3) is 0 Å². The van der Waals surface area contributed by atoms with E-state index in [0.717, 1.165) is 35.0 Å². The topological polar surface area (TPSA) is 37.3 Å². The summed E-state index contributed by atoms with van der Waals surface area (Å²) in [5, 5.41) is 8.95. The SMILES string of the molecule is C[N+](C)(C)CCCCC(=O)/C=C/c1ccc(CO)cc1. The Balaban J connectivity index is 2.32. The molecule has 0 heterocycles. The van der Waals surface area contributed by atoms with Gasteiger partial charge < -0.3 is 9.59 Å². The number of unbranched alkanes of at least 4 members (excludes halogenated alkanes) is 1. The molecule has 0 aliphatic rings. The molecule has 3 nitrogen and oxygen atoms in total. The molecule has 1 aromatic carbocycles. The molecule has 0 atom stereocenters. The number of hydrogen-bond donors (Lipinski definition) is 1. The van der Waals surface area contributed by atoms with Crippen LogP contribution >= 0.6 is 0 Å². The van der Waals surface area contributed by atoms with Gasteiger partial charge in [-0.1, -0.05) is 30.3 Å². The quantitative estimate of drug-likeness (QED) is 0.450. The first-order chi connectivity index (χ1) is 9.40. The molecule has 0 aliphatic heterocycles. The molecule has 0 radical (unpaired) electrons. The molecule has 0 aliphatic carbocycles. The molecule has 0 saturated carbocycles. The third kappa shape index (κ3) is 7.22. The van der Waals surface area contributed by atoms with E-state index in [1.54, 1.807) is 6.08 Å². The molecule has 20 heavy (non-hydrogen) atoms. The summed E-state index contributed by atoms with van der Waals surface area (Å²) >= 11 is 0. The lowest BCUT2D eigenvalue weighted by Gasteiger charge is -2.23. The zero-order valence-corrected chi connectivity index (χ0v) is 12.8. The lowest BCUT2D eigenvalue weighted by molar-refractivity contribution is -0.870. The van der Waals surface area contributed by atoms with E-state index in [1.165, 1.54) is 0 Å². The number of rotatable bonds is 8. The minimum atomic E-state index is 0.0508. The van der Waals surface area contributed by atoms with Crippen LogP contribution in [0, 0.1) is 0 Å². The summed E-state index contributed by atoms with van der Waals surface area (Å²) in [4.78, 5) is 11.7. The lowest BCUT2D eigenvalue weighted by Crippen LogP contribution is -2.35. The van der Waals surface area contributed by atoms with Gasteiger partial charge >= 0.3 is 0 Å². The summed E-state index contributed by atoms with van der Waals surface area (Å²) in [7, 11) is 6.49. The number of nitrogens with zero attached hydrogens (tertiary/aromatic N) is 1. The highest BCUT2D eigenvalue weighted by Crippen LogP contribution is 2.07. The van der Waals surface area contributed by atoms with Crippen molar-refractivity contribution in [2.75, 3.05) is 27.7 Å². The van der Waals surface area contributed by atoms with Crippen LogP contribution in [0.1, 0.15) is 30.4 Å². The third-order valence-electron chi connectivity index (χ3n) is 3.13. The van der Waals surface area contributed by atoms with Crippen LogP contribution in [0.4, 0.5) is 0 Å². The predicted molar refractivity (Wildman–Crippen MR) is 83.2 cm³/mol. The monoisotopic (exact) mass is 276 g/mol. The summed E-state index contributed by atoms with van der Waals surface area (Å²) in [6, 6.07) is 7.55. The van der Waals surface area contributed by atoms with Gasteiger partial charge in [0, 0.05) is 6.42 Å². The molecule has 1 N–H and O–H groups in total. The Morgan fingerprint density at radius 2 is 1.80 bits per heavy atom. The van der Waals surface area contributed by atoms with Crippen molar-refractivity contribution in [3.63, 3.8) is 0 Å². The van der Waals surface area contributed by atoms with E-state index in [-0.39, 0.29) is 12.4 Å². The maximum absolute atomic E-state index is 11.7. The van der Waals surface area contributed by atoms with Crippen molar-refractivity contribution in [1.29, 1.82) is 0 Å². The van der Waals surface area contributed by atoms with Gasteiger partial charge in [0.05, 0.1) is 34.3 Å². The molecule has 1 aromatic rings. The van der Waals surface area contributed by atoms with Gasteiger partial charge in [-0.05, 0) is 30.0 Å². The second kappa shape index (κ2) is 7.98. The van der Waals surface area contributed by atoms with E-state index in [0.29, 0.717) is 6.42 Å². The van der Waals surface area contributed by atoms with E-state index in [9.17, 15) is 4.79 Å². The van der Waals surface area contributed by atoms with Crippen molar-refractivity contribution in [3.05, 3.63) is 41.5 Å². The van der Waals surface area contributed by atoms with Crippen molar-refractivity contribution in [2.24, 2.45) is 0 Å². The van der Waals surface area contributed by atoms with Gasteiger partial charge in [0.1, 0.15) is 0 Å². The molecule has 0 unspecified atom stereocenters. The van der Waals surface area contributed by atoms with E-state index < -0.39 is 0 Å². The minimum absolute atomic E-state index is 0.0508. The third-order valence-corrected chi connectivity index (χ3v) is 3.13. The Hall–Kier alpha value is -1.45. The Kier molecular flexibility index (Phi) is 6.62. The minimum Gasteiger partial charge on any atom is -0.392 e. The number of aliphatic hydroxyl groups is 1. The van der Waals surface area contributed by atoms with Crippen LogP contribution in [-0.2, 0) is 11.4 Å². The van der Waals surface area contributed by atoms with Crippen LogP contribution in [0.5, 0.6) is 0 Å². The number of hydrogen-bond acceptors (Lipinski definition) is 2. The normalized spacial score (nSPS) is 12.0. The molecule has 0 fully saturated rings. The van der Waals surface area contributed by atoms with Crippen LogP contribution in [-0.4, -0.2) is 43.1 Å². The molecule has 0 aromatic heterocycles.